The zero-order valence-electron chi connectivity index (χ0n) is 9.64. The number of rotatable bonds is 5. The lowest BCUT2D eigenvalue weighted by Gasteiger charge is -2.07. The van der Waals surface area contributed by atoms with Gasteiger partial charge in [-0.05, 0) is 31.5 Å². The van der Waals surface area contributed by atoms with E-state index in [0.29, 0.717) is 19.5 Å². The first-order valence-electron chi connectivity index (χ1n) is 5.40. The molecule has 0 spiro atoms. The number of hydrogen-bond acceptors (Lipinski definition) is 2. The van der Waals surface area contributed by atoms with Crippen molar-refractivity contribution in [1.29, 1.82) is 0 Å². The van der Waals surface area contributed by atoms with Crippen LogP contribution in [0.2, 0.25) is 0 Å². The summed E-state index contributed by atoms with van der Waals surface area (Å²) in [5, 5.41) is 5.98. The van der Waals surface area contributed by atoms with Crippen molar-refractivity contribution in [3.63, 3.8) is 0 Å². The Bertz CT molecular complexity index is 366. The molecule has 0 fully saturated rings. The van der Waals surface area contributed by atoms with Gasteiger partial charge in [0.1, 0.15) is 0 Å². The van der Waals surface area contributed by atoms with Crippen LogP contribution in [0, 0.1) is 6.92 Å². The van der Waals surface area contributed by atoms with Crippen LogP contribution < -0.4 is 10.6 Å². The molecule has 0 saturated carbocycles. The zero-order chi connectivity index (χ0) is 12.0. The Morgan fingerprint density at radius 1 is 1.44 bits per heavy atom. The summed E-state index contributed by atoms with van der Waals surface area (Å²) < 4.78 is 1.08. The van der Waals surface area contributed by atoms with Crippen molar-refractivity contribution in [2.75, 3.05) is 18.4 Å². The minimum absolute atomic E-state index is 0.0844. The highest BCUT2D eigenvalue weighted by atomic mass is 79.9. The number of carbonyl (C=O) groups is 1. The maximum Gasteiger partial charge on any atom is 0.221 e. The molecule has 0 saturated heterocycles. The monoisotopic (exact) mass is 284 g/mol. The number of anilines is 1. The molecule has 0 aliphatic carbocycles. The molecule has 1 aromatic rings. The summed E-state index contributed by atoms with van der Waals surface area (Å²) in [5.74, 6) is 0.0844. The first-order chi connectivity index (χ1) is 7.63. The molecule has 16 heavy (non-hydrogen) atoms. The highest BCUT2D eigenvalue weighted by Gasteiger charge is 2.00. The van der Waals surface area contributed by atoms with Crippen molar-refractivity contribution in [1.82, 2.24) is 5.32 Å². The standard InChI is InChI=1S/C12H17BrN2O/c1-3-14-12(16)6-7-15-10-5-4-9(2)11(13)8-10/h4-5,8,15H,3,6-7H2,1-2H3,(H,14,16). The van der Waals surface area contributed by atoms with Crippen LogP contribution in [-0.2, 0) is 4.79 Å². The van der Waals surface area contributed by atoms with Gasteiger partial charge in [0.2, 0.25) is 5.91 Å². The van der Waals surface area contributed by atoms with Crippen LogP contribution in [0.1, 0.15) is 18.9 Å². The van der Waals surface area contributed by atoms with E-state index in [-0.39, 0.29) is 5.91 Å². The Labute approximate surface area is 105 Å². The molecular weight excluding hydrogens is 268 g/mol. The van der Waals surface area contributed by atoms with Crippen molar-refractivity contribution in [3.05, 3.63) is 28.2 Å². The van der Waals surface area contributed by atoms with Gasteiger partial charge in [-0.15, -0.1) is 0 Å². The van der Waals surface area contributed by atoms with Crippen molar-refractivity contribution in [2.24, 2.45) is 0 Å². The lowest BCUT2D eigenvalue weighted by atomic mass is 10.2. The topological polar surface area (TPSA) is 41.1 Å². The van der Waals surface area contributed by atoms with E-state index in [4.69, 9.17) is 0 Å². The van der Waals surface area contributed by atoms with Crippen LogP contribution in [0.15, 0.2) is 22.7 Å². The lowest BCUT2D eigenvalue weighted by molar-refractivity contribution is -0.120. The first kappa shape index (κ1) is 13.0. The molecule has 0 unspecified atom stereocenters. The van der Waals surface area contributed by atoms with Gasteiger partial charge in [0.15, 0.2) is 0 Å². The number of nitrogens with one attached hydrogen (secondary N) is 2. The quantitative estimate of drug-likeness (QED) is 0.873. The fourth-order valence-electron chi connectivity index (χ4n) is 1.31. The van der Waals surface area contributed by atoms with Crippen LogP contribution in [-0.4, -0.2) is 19.0 Å². The first-order valence-corrected chi connectivity index (χ1v) is 6.19. The molecule has 3 nitrogen and oxygen atoms in total. The largest absolute Gasteiger partial charge is 0.384 e. The molecule has 4 heteroatoms. The predicted octanol–water partition coefficient (Wildman–Crippen LogP) is 2.70. The van der Waals surface area contributed by atoms with Crippen molar-refractivity contribution in [3.8, 4) is 0 Å². The number of amides is 1. The van der Waals surface area contributed by atoms with Gasteiger partial charge in [-0.2, -0.15) is 0 Å². The van der Waals surface area contributed by atoms with Crippen molar-refractivity contribution in [2.45, 2.75) is 20.3 Å². The second kappa shape index (κ2) is 6.53. The van der Waals surface area contributed by atoms with E-state index in [9.17, 15) is 4.79 Å². The van der Waals surface area contributed by atoms with E-state index in [1.165, 1.54) is 5.56 Å². The maximum atomic E-state index is 11.2. The van der Waals surface area contributed by atoms with E-state index in [0.717, 1.165) is 10.2 Å². The molecule has 0 heterocycles. The second-order valence-corrected chi connectivity index (χ2v) is 4.45. The third kappa shape index (κ3) is 4.23. The van der Waals surface area contributed by atoms with Crippen LogP contribution >= 0.6 is 15.9 Å². The molecule has 0 bridgehead atoms. The van der Waals surface area contributed by atoms with Gasteiger partial charge in [0, 0.05) is 29.7 Å². The molecule has 1 amide bonds. The van der Waals surface area contributed by atoms with E-state index in [2.05, 4.69) is 26.6 Å². The molecule has 0 aliphatic heterocycles. The second-order valence-electron chi connectivity index (χ2n) is 3.59. The SMILES string of the molecule is CCNC(=O)CCNc1ccc(C)c(Br)c1. The number of benzene rings is 1. The number of aryl methyl sites for hydroxylation is 1. The van der Waals surface area contributed by atoms with Gasteiger partial charge in [0.25, 0.3) is 0 Å². The highest BCUT2D eigenvalue weighted by molar-refractivity contribution is 9.10. The molecule has 88 valence electrons. The van der Waals surface area contributed by atoms with E-state index in [1.807, 2.05) is 32.0 Å². The molecule has 1 aromatic carbocycles. The van der Waals surface area contributed by atoms with Crippen LogP contribution in [0.3, 0.4) is 0 Å². The average Bonchev–Trinajstić information content (AvgIpc) is 2.24. The van der Waals surface area contributed by atoms with Crippen LogP contribution in [0.25, 0.3) is 0 Å². The Hall–Kier alpha value is -1.03. The minimum atomic E-state index is 0.0844. The minimum Gasteiger partial charge on any atom is -0.384 e. The number of carbonyl (C=O) groups excluding carboxylic acids is 1. The van der Waals surface area contributed by atoms with Gasteiger partial charge < -0.3 is 10.6 Å². The normalized spacial score (nSPS) is 9.94. The molecule has 0 radical (unpaired) electrons. The molecule has 0 aliphatic rings. The summed E-state index contributed by atoms with van der Waals surface area (Å²) in [4.78, 5) is 11.2. The third-order valence-electron chi connectivity index (χ3n) is 2.23. The summed E-state index contributed by atoms with van der Waals surface area (Å²) in [5.41, 5.74) is 2.23. The Morgan fingerprint density at radius 3 is 2.81 bits per heavy atom. The Balaban J connectivity index is 2.37. The van der Waals surface area contributed by atoms with Gasteiger partial charge in [-0.3, -0.25) is 4.79 Å². The van der Waals surface area contributed by atoms with E-state index in [1.54, 1.807) is 0 Å². The predicted molar refractivity (Wildman–Crippen MR) is 70.7 cm³/mol. The maximum absolute atomic E-state index is 11.2. The molecule has 1 rings (SSSR count). The Morgan fingerprint density at radius 2 is 2.19 bits per heavy atom. The fourth-order valence-corrected chi connectivity index (χ4v) is 1.69. The Kier molecular flexibility index (Phi) is 5.32. The third-order valence-corrected chi connectivity index (χ3v) is 3.08. The van der Waals surface area contributed by atoms with E-state index < -0.39 is 0 Å². The summed E-state index contributed by atoms with van der Waals surface area (Å²) in [6.07, 6.45) is 0.499. The van der Waals surface area contributed by atoms with Gasteiger partial charge >= 0.3 is 0 Å². The fraction of sp³-hybridized carbons (Fsp3) is 0.417. The van der Waals surface area contributed by atoms with Gasteiger partial charge in [-0.1, -0.05) is 22.0 Å². The summed E-state index contributed by atoms with van der Waals surface area (Å²) in [6.45, 7) is 5.31. The van der Waals surface area contributed by atoms with Crippen molar-refractivity contribution >= 4 is 27.5 Å². The average molecular weight is 285 g/mol. The van der Waals surface area contributed by atoms with Gasteiger partial charge in [-0.25, -0.2) is 0 Å². The lowest BCUT2D eigenvalue weighted by Crippen LogP contribution is -2.24. The number of halogens is 1. The smallest absolute Gasteiger partial charge is 0.221 e. The summed E-state index contributed by atoms with van der Waals surface area (Å²) in [6, 6.07) is 6.07. The molecule has 2 N–H and O–H groups in total. The van der Waals surface area contributed by atoms with Crippen LogP contribution in [0.4, 0.5) is 5.69 Å². The summed E-state index contributed by atoms with van der Waals surface area (Å²) >= 11 is 3.47. The van der Waals surface area contributed by atoms with Gasteiger partial charge in [0.05, 0.1) is 0 Å². The molecule has 0 atom stereocenters. The summed E-state index contributed by atoms with van der Waals surface area (Å²) in [7, 11) is 0. The van der Waals surface area contributed by atoms with E-state index >= 15 is 0 Å². The highest BCUT2D eigenvalue weighted by Crippen LogP contribution is 2.20. The molecular formula is C12H17BrN2O. The van der Waals surface area contributed by atoms with Crippen molar-refractivity contribution < 1.29 is 4.79 Å². The van der Waals surface area contributed by atoms with Crippen LogP contribution in [0.5, 0.6) is 0 Å². The number of hydrogen-bond donors (Lipinski definition) is 2. The zero-order valence-corrected chi connectivity index (χ0v) is 11.2. The molecule has 0 aromatic heterocycles.